The van der Waals surface area contributed by atoms with Crippen LogP contribution in [0.5, 0.6) is 5.75 Å². The number of aromatic nitrogens is 3. The maximum atomic E-state index is 12.5. The van der Waals surface area contributed by atoms with Gasteiger partial charge in [-0.3, -0.25) is 0 Å². The summed E-state index contributed by atoms with van der Waals surface area (Å²) in [6.45, 7) is 0. The molecule has 27 heavy (non-hydrogen) atoms. The number of carbonyl (C=O) groups is 1. The molecule has 2 aromatic heterocycles. The second kappa shape index (κ2) is 7.20. The monoisotopic (exact) mass is 461 g/mol. The smallest absolute Gasteiger partial charge is 0.476 e. The van der Waals surface area contributed by atoms with Gasteiger partial charge in [0.05, 0.1) is 17.6 Å². The lowest BCUT2D eigenvalue weighted by Crippen LogP contribution is -2.17. The van der Waals surface area contributed by atoms with Crippen molar-refractivity contribution in [2.45, 2.75) is 6.36 Å². The highest BCUT2D eigenvalue weighted by molar-refractivity contribution is 9.10. The lowest BCUT2D eigenvalue weighted by molar-refractivity contribution is -0.274. The summed E-state index contributed by atoms with van der Waals surface area (Å²) >= 11 is 8.87. The SMILES string of the molecule is O=C(O)c1cc(-c2cc(Br)cc(OC(F)(F)F)c2)n(-c2ccc(Cl)nc2)n1. The second-order valence-corrected chi connectivity index (χ2v) is 6.50. The molecule has 0 amide bonds. The molecule has 1 aromatic carbocycles. The number of halogens is 5. The van der Waals surface area contributed by atoms with Crippen LogP contribution in [0, 0.1) is 0 Å². The van der Waals surface area contributed by atoms with Gasteiger partial charge in [-0.05, 0) is 36.4 Å². The molecule has 140 valence electrons. The van der Waals surface area contributed by atoms with Crippen LogP contribution in [0.1, 0.15) is 10.5 Å². The molecular weight excluding hydrogens is 455 g/mol. The molecular formula is C16H8BrClF3N3O3. The average molecular weight is 463 g/mol. The fraction of sp³-hybridized carbons (Fsp3) is 0.0625. The summed E-state index contributed by atoms with van der Waals surface area (Å²) in [5.41, 5.74) is 0.557. The molecule has 0 unspecified atom stereocenters. The molecule has 0 saturated heterocycles. The maximum absolute atomic E-state index is 12.5. The Bertz CT molecular complexity index is 1010. The lowest BCUT2D eigenvalue weighted by Gasteiger charge is -2.12. The van der Waals surface area contributed by atoms with E-state index in [4.69, 9.17) is 11.6 Å². The van der Waals surface area contributed by atoms with E-state index in [0.29, 0.717) is 10.2 Å². The predicted octanol–water partition coefficient (Wildman–Crippen LogP) is 4.95. The highest BCUT2D eigenvalue weighted by Gasteiger charge is 2.31. The van der Waals surface area contributed by atoms with E-state index in [1.165, 1.54) is 29.1 Å². The van der Waals surface area contributed by atoms with E-state index >= 15 is 0 Å². The number of hydrogen-bond acceptors (Lipinski definition) is 4. The van der Waals surface area contributed by atoms with Gasteiger partial charge in [-0.1, -0.05) is 27.5 Å². The summed E-state index contributed by atoms with van der Waals surface area (Å²) in [5.74, 6) is -1.76. The molecule has 2 heterocycles. The van der Waals surface area contributed by atoms with Gasteiger partial charge < -0.3 is 9.84 Å². The molecule has 3 aromatic rings. The van der Waals surface area contributed by atoms with Gasteiger partial charge in [0.15, 0.2) is 5.69 Å². The van der Waals surface area contributed by atoms with Crippen LogP contribution < -0.4 is 4.74 Å². The molecule has 0 aliphatic rings. The first-order chi connectivity index (χ1) is 12.6. The Hall–Kier alpha value is -2.59. The standard InChI is InChI=1S/C16H8BrClF3N3O3/c17-9-3-8(4-11(5-9)27-16(19,20)21)13-6-12(15(25)26)23-24(13)10-1-2-14(18)22-7-10/h1-7H,(H,25,26). The number of nitrogens with zero attached hydrogens (tertiary/aromatic N) is 3. The summed E-state index contributed by atoms with van der Waals surface area (Å²) in [6, 6.07) is 8.02. The van der Waals surface area contributed by atoms with Crippen LogP contribution in [-0.2, 0) is 0 Å². The molecule has 0 bridgehead atoms. The number of ether oxygens (including phenoxy) is 1. The average Bonchev–Trinajstić information content (AvgIpc) is 2.99. The largest absolute Gasteiger partial charge is 0.573 e. The Morgan fingerprint density at radius 3 is 2.56 bits per heavy atom. The van der Waals surface area contributed by atoms with Crippen LogP contribution in [0.4, 0.5) is 13.2 Å². The minimum Gasteiger partial charge on any atom is -0.476 e. The number of carboxylic acids is 1. The molecule has 3 rings (SSSR count). The molecule has 0 saturated carbocycles. The van der Waals surface area contributed by atoms with Gasteiger partial charge in [-0.15, -0.1) is 13.2 Å². The molecule has 0 atom stereocenters. The molecule has 0 fully saturated rings. The highest BCUT2D eigenvalue weighted by atomic mass is 79.9. The number of alkyl halides is 3. The fourth-order valence-corrected chi connectivity index (χ4v) is 2.87. The van der Waals surface area contributed by atoms with E-state index in [1.807, 2.05) is 0 Å². The van der Waals surface area contributed by atoms with Crippen LogP contribution >= 0.6 is 27.5 Å². The van der Waals surface area contributed by atoms with Crippen molar-refractivity contribution in [3.8, 4) is 22.7 Å². The van der Waals surface area contributed by atoms with Gasteiger partial charge in [0.25, 0.3) is 0 Å². The number of aromatic carboxylic acids is 1. The lowest BCUT2D eigenvalue weighted by atomic mass is 10.1. The molecule has 11 heteroatoms. The Morgan fingerprint density at radius 1 is 1.22 bits per heavy atom. The van der Waals surface area contributed by atoms with E-state index in [1.54, 1.807) is 6.07 Å². The van der Waals surface area contributed by atoms with Crippen molar-refractivity contribution in [3.63, 3.8) is 0 Å². The van der Waals surface area contributed by atoms with Crippen molar-refractivity contribution < 1.29 is 27.8 Å². The normalized spacial score (nSPS) is 11.4. The van der Waals surface area contributed by atoms with Crippen LogP contribution in [-0.4, -0.2) is 32.2 Å². The highest BCUT2D eigenvalue weighted by Crippen LogP contribution is 2.33. The van der Waals surface area contributed by atoms with E-state index in [-0.39, 0.29) is 22.1 Å². The fourth-order valence-electron chi connectivity index (χ4n) is 2.28. The number of rotatable bonds is 4. The second-order valence-electron chi connectivity index (χ2n) is 5.19. The van der Waals surface area contributed by atoms with Gasteiger partial charge in [0, 0.05) is 10.0 Å². The topological polar surface area (TPSA) is 77.2 Å². The summed E-state index contributed by atoms with van der Waals surface area (Å²) in [7, 11) is 0. The Balaban J connectivity index is 2.16. The van der Waals surface area contributed by atoms with E-state index in [9.17, 15) is 23.1 Å². The van der Waals surface area contributed by atoms with Gasteiger partial charge in [0.1, 0.15) is 10.9 Å². The van der Waals surface area contributed by atoms with Crippen molar-refractivity contribution in [2.75, 3.05) is 0 Å². The van der Waals surface area contributed by atoms with E-state index in [0.717, 1.165) is 12.1 Å². The Kier molecular flexibility index (Phi) is 5.11. The molecule has 0 aliphatic carbocycles. The van der Waals surface area contributed by atoms with Gasteiger partial charge in [-0.25, -0.2) is 14.5 Å². The van der Waals surface area contributed by atoms with Crippen molar-refractivity contribution in [3.05, 3.63) is 57.9 Å². The third-order valence-corrected chi connectivity index (χ3v) is 3.97. The number of benzene rings is 1. The summed E-state index contributed by atoms with van der Waals surface area (Å²) in [5, 5.41) is 13.4. The minimum absolute atomic E-state index is 0.217. The van der Waals surface area contributed by atoms with Crippen LogP contribution in [0.2, 0.25) is 5.15 Å². The van der Waals surface area contributed by atoms with Gasteiger partial charge in [0.2, 0.25) is 0 Å². The maximum Gasteiger partial charge on any atom is 0.573 e. The molecule has 0 aliphatic heterocycles. The third kappa shape index (κ3) is 4.58. The van der Waals surface area contributed by atoms with Crippen LogP contribution in [0.25, 0.3) is 16.9 Å². The number of hydrogen-bond donors (Lipinski definition) is 1. The van der Waals surface area contributed by atoms with Gasteiger partial charge >= 0.3 is 12.3 Å². The minimum atomic E-state index is -4.87. The number of carboxylic acid groups (broad SMARTS) is 1. The Morgan fingerprint density at radius 2 is 1.96 bits per heavy atom. The zero-order chi connectivity index (χ0) is 19.8. The van der Waals surface area contributed by atoms with Crippen molar-refractivity contribution in [2.24, 2.45) is 0 Å². The predicted molar refractivity (Wildman–Crippen MR) is 93.1 cm³/mol. The van der Waals surface area contributed by atoms with Crippen molar-refractivity contribution >= 4 is 33.5 Å². The molecule has 0 radical (unpaired) electrons. The van der Waals surface area contributed by atoms with Crippen LogP contribution in [0.3, 0.4) is 0 Å². The van der Waals surface area contributed by atoms with Gasteiger partial charge in [-0.2, -0.15) is 5.10 Å². The van der Waals surface area contributed by atoms with Crippen molar-refractivity contribution in [1.29, 1.82) is 0 Å². The Labute approximate surface area is 163 Å². The zero-order valence-corrected chi connectivity index (χ0v) is 15.4. The number of pyridine rings is 1. The van der Waals surface area contributed by atoms with E-state index < -0.39 is 18.1 Å². The van der Waals surface area contributed by atoms with E-state index in [2.05, 4.69) is 30.7 Å². The molecule has 1 N–H and O–H groups in total. The van der Waals surface area contributed by atoms with Crippen LogP contribution in [0.15, 0.2) is 47.1 Å². The summed E-state index contributed by atoms with van der Waals surface area (Å²) < 4.78 is 43.1. The first-order valence-electron chi connectivity index (χ1n) is 7.14. The third-order valence-electron chi connectivity index (χ3n) is 3.29. The summed E-state index contributed by atoms with van der Waals surface area (Å²) in [6.07, 6.45) is -3.51. The first kappa shape index (κ1) is 19.2. The van der Waals surface area contributed by atoms with Crippen molar-refractivity contribution in [1.82, 2.24) is 14.8 Å². The molecule has 6 nitrogen and oxygen atoms in total. The molecule has 0 spiro atoms. The zero-order valence-electron chi connectivity index (χ0n) is 13.0. The first-order valence-corrected chi connectivity index (χ1v) is 8.31. The summed E-state index contributed by atoms with van der Waals surface area (Å²) in [4.78, 5) is 15.2. The quantitative estimate of drug-likeness (QED) is 0.555.